The van der Waals surface area contributed by atoms with Crippen molar-refractivity contribution in [3.63, 3.8) is 0 Å². The highest BCUT2D eigenvalue weighted by Crippen LogP contribution is 2.29. The molecule has 2 heterocycles. The van der Waals surface area contributed by atoms with Crippen LogP contribution in [0.15, 0.2) is 10.4 Å². The van der Waals surface area contributed by atoms with Crippen molar-refractivity contribution in [1.29, 1.82) is 0 Å². The Morgan fingerprint density at radius 1 is 1.55 bits per heavy atom. The van der Waals surface area contributed by atoms with Crippen LogP contribution in [0.3, 0.4) is 0 Å². The Morgan fingerprint density at radius 2 is 2.30 bits per heavy atom. The van der Waals surface area contributed by atoms with Crippen LogP contribution in [-0.2, 0) is 19.6 Å². The molecule has 0 aromatic carbocycles. The molecule has 0 spiro atoms. The van der Waals surface area contributed by atoms with Crippen molar-refractivity contribution in [3.8, 4) is 0 Å². The molecule has 1 atom stereocenters. The molecule has 8 heteroatoms. The molecule has 20 heavy (non-hydrogen) atoms. The first-order valence-corrected chi connectivity index (χ1v) is 8.72. The van der Waals surface area contributed by atoms with E-state index in [1.807, 2.05) is 0 Å². The van der Waals surface area contributed by atoms with Crippen LogP contribution in [-0.4, -0.2) is 43.4 Å². The summed E-state index contributed by atoms with van der Waals surface area (Å²) in [6.07, 6.45) is 3.92. The van der Waals surface area contributed by atoms with Gasteiger partial charge in [0.2, 0.25) is 0 Å². The summed E-state index contributed by atoms with van der Waals surface area (Å²) in [5, 5.41) is 0.713. The minimum Gasteiger partial charge on any atom is -0.469 e. The maximum Gasteiger partial charge on any atom is 0.307 e. The minimum atomic E-state index is -3.56. The van der Waals surface area contributed by atoms with Crippen LogP contribution in [0.1, 0.15) is 30.7 Å². The van der Waals surface area contributed by atoms with E-state index >= 15 is 0 Å². The normalized spacial score (nSPS) is 20.8. The van der Waals surface area contributed by atoms with E-state index in [4.69, 9.17) is 0 Å². The Bertz CT molecular complexity index is 582. The van der Waals surface area contributed by atoms with E-state index in [-0.39, 0.29) is 22.6 Å². The predicted molar refractivity (Wildman–Crippen MR) is 75.0 cm³/mol. The highest BCUT2D eigenvalue weighted by molar-refractivity contribution is 7.91. The van der Waals surface area contributed by atoms with Crippen molar-refractivity contribution in [2.45, 2.75) is 42.9 Å². The van der Waals surface area contributed by atoms with E-state index in [0.29, 0.717) is 18.0 Å². The Morgan fingerprint density at radius 3 is 2.90 bits per heavy atom. The number of carbonyl (C=O) groups excluding carboxylic acids is 1. The van der Waals surface area contributed by atoms with Crippen LogP contribution < -0.4 is 0 Å². The fraction of sp³-hybridized carbons (Fsp3) is 0.667. The molecule has 1 aliphatic rings. The molecule has 0 radical (unpaired) electrons. The third-order valence-electron chi connectivity index (χ3n) is 3.37. The number of esters is 1. The van der Waals surface area contributed by atoms with Gasteiger partial charge < -0.3 is 4.74 Å². The van der Waals surface area contributed by atoms with Gasteiger partial charge >= 0.3 is 5.97 Å². The molecule has 1 aromatic rings. The van der Waals surface area contributed by atoms with Crippen LogP contribution in [0.2, 0.25) is 0 Å². The Hall–Kier alpha value is -0.990. The number of nitrogens with zero attached hydrogens (tertiary/aromatic N) is 2. The Balaban J connectivity index is 2.25. The highest BCUT2D eigenvalue weighted by atomic mass is 32.2. The van der Waals surface area contributed by atoms with Crippen LogP contribution in [0.4, 0.5) is 0 Å². The van der Waals surface area contributed by atoms with E-state index in [1.54, 1.807) is 6.92 Å². The molecular formula is C12H18N2O4S2. The number of aryl methyl sites for hydroxylation is 1. The van der Waals surface area contributed by atoms with Gasteiger partial charge in [0.1, 0.15) is 0 Å². The first-order valence-electron chi connectivity index (χ1n) is 6.46. The van der Waals surface area contributed by atoms with Gasteiger partial charge in [0.15, 0.2) is 4.21 Å². The van der Waals surface area contributed by atoms with Crippen molar-refractivity contribution in [2.24, 2.45) is 0 Å². The molecule has 0 bridgehead atoms. The summed E-state index contributed by atoms with van der Waals surface area (Å²) in [5.74, 6) is -0.377. The molecule has 0 N–H and O–H groups in total. The lowest BCUT2D eigenvalue weighted by molar-refractivity contribution is -0.141. The monoisotopic (exact) mass is 318 g/mol. The van der Waals surface area contributed by atoms with Gasteiger partial charge in [0.25, 0.3) is 10.0 Å². The van der Waals surface area contributed by atoms with Crippen LogP contribution in [0, 0.1) is 6.92 Å². The Kier molecular flexibility index (Phi) is 4.77. The number of carbonyl (C=O) groups is 1. The second-order valence-corrected chi connectivity index (χ2v) is 8.10. The summed E-state index contributed by atoms with van der Waals surface area (Å²) in [6, 6.07) is -0.316. The quantitative estimate of drug-likeness (QED) is 0.787. The number of thiazole rings is 1. The fourth-order valence-corrected chi connectivity index (χ4v) is 5.28. The first-order chi connectivity index (χ1) is 9.45. The first kappa shape index (κ1) is 15.4. The molecule has 2 rings (SSSR count). The van der Waals surface area contributed by atoms with E-state index < -0.39 is 10.0 Å². The smallest absolute Gasteiger partial charge is 0.307 e. The van der Waals surface area contributed by atoms with Crippen molar-refractivity contribution >= 4 is 27.3 Å². The summed E-state index contributed by atoms with van der Waals surface area (Å²) >= 11 is 1.16. The lowest BCUT2D eigenvalue weighted by atomic mass is 10.0. The zero-order chi connectivity index (χ0) is 14.8. The number of piperidine rings is 1. The SMILES string of the molecule is COC(=O)CC1CCCCN1S(=O)(=O)c1cnc(C)s1. The summed E-state index contributed by atoms with van der Waals surface area (Å²) in [6.45, 7) is 2.22. The van der Waals surface area contributed by atoms with Crippen LogP contribution >= 0.6 is 11.3 Å². The maximum atomic E-state index is 12.6. The second-order valence-electron chi connectivity index (χ2n) is 4.74. The average Bonchev–Trinajstić information content (AvgIpc) is 2.86. The molecule has 1 aliphatic heterocycles. The van der Waals surface area contributed by atoms with E-state index in [1.165, 1.54) is 17.6 Å². The van der Waals surface area contributed by atoms with Crippen molar-refractivity contribution < 1.29 is 17.9 Å². The minimum absolute atomic E-state index is 0.105. The number of hydrogen-bond acceptors (Lipinski definition) is 6. The van der Waals surface area contributed by atoms with E-state index in [9.17, 15) is 13.2 Å². The molecule has 0 aliphatic carbocycles. The third-order valence-corrected chi connectivity index (χ3v) is 6.67. The molecule has 1 saturated heterocycles. The van der Waals surface area contributed by atoms with Gasteiger partial charge in [-0.15, -0.1) is 11.3 Å². The summed E-state index contributed by atoms with van der Waals surface area (Å²) in [7, 11) is -2.25. The standard InChI is InChI=1S/C12H18N2O4S2/c1-9-13-8-12(19-9)20(16,17)14-6-4-3-5-10(14)7-11(15)18-2/h8,10H,3-7H2,1-2H3. The molecule has 1 aromatic heterocycles. The van der Waals surface area contributed by atoms with Crippen molar-refractivity contribution in [3.05, 3.63) is 11.2 Å². The van der Waals surface area contributed by atoms with Gasteiger partial charge in [-0.2, -0.15) is 4.31 Å². The summed E-state index contributed by atoms with van der Waals surface area (Å²) < 4.78 is 31.6. The topological polar surface area (TPSA) is 76.6 Å². The molecule has 6 nitrogen and oxygen atoms in total. The van der Waals surface area contributed by atoms with E-state index in [0.717, 1.165) is 24.2 Å². The lowest BCUT2D eigenvalue weighted by Crippen LogP contribution is -2.44. The van der Waals surface area contributed by atoms with Gasteiger partial charge in [0.05, 0.1) is 24.7 Å². The number of aromatic nitrogens is 1. The lowest BCUT2D eigenvalue weighted by Gasteiger charge is -2.33. The zero-order valence-electron chi connectivity index (χ0n) is 11.5. The summed E-state index contributed by atoms with van der Waals surface area (Å²) in [5.41, 5.74) is 0. The fourth-order valence-electron chi connectivity index (χ4n) is 2.35. The molecule has 1 unspecified atom stereocenters. The number of sulfonamides is 1. The largest absolute Gasteiger partial charge is 0.469 e. The molecular weight excluding hydrogens is 300 g/mol. The zero-order valence-corrected chi connectivity index (χ0v) is 13.2. The number of methoxy groups -OCH3 is 1. The highest BCUT2D eigenvalue weighted by Gasteiger charge is 2.35. The number of rotatable bonds is 4. The maximum absolute atomic E-state index is 12.6. The Labute approximate surface area is 122 Å². The van der Waals surface area contributed by atoms with Crippen LogP contribution in [0.25, 0.3) is 0 Å². The van der Waals surface area contributed by atoms with E-state index in [2.05, 4.69) is 9.72 Å². The molecule has 112 valence electrons. The van der Waals surface area contributed by atoms with Crippen molar-refractivity contribution in [2.75, 3.05) is 13.7 Å². The second kappa shape index (κ2) is 6.19. The molecule has 0 amide bonds. The molecule has 0 saturated carbocycles. The van der Waals surface area contributed by atoms with Gasteiger partial charge in [-0.3, -0.25) is 4.79 Å². The summed E-state index contributed by atoms with van der Waals surface area (Å²) in [4.78, 5) is 15.4. The predicted octanol–water partition coefficient (Wildman–Crippen LogP) is 1.56. The van der Waals surface area contributed by atoms with Gasteiger partial charge in [0, 0.05) is 12.6 Å². The third kappa shape index (κ3) is 3.18. The van der Waals surface area contributed by atoms with Gasteiger partial charge in [-0.05, 0) is 19.8 Å². The van der Waals surface area contributed by atoms with Gasteiger partial charge in [-0.25, -0.2) is 13.4 Å². The van der Waals surface area contributed by atoms with Crippen LogP contribution in [0.5, 0.6) is 0 Å². The van der Waals surface area contributed by atoms with Gasteiger partial charge in [-0.1, -0.05) is 6.42 Å². The van der Waals surface area contributed by atoms with Crippen molar-refractivity contribution in [1.82, 2.24) is 9.29 Å². The number of ether oxygens (including phenoxy) is 1. The number of hydrogen-bond donors (Lipinski definition) is 0. The average molecular weight is 318 g/mol. The molecule has 1 fully saturated rings.